The Bertz CT molecular complexity index is 1050. The third-order valence-corrected chi connectivity index (χ3v) is 5.71. The van der Waals surface area contributed by atoms with E-state index in [0.29, 0.717) is 30.9 Å². The molecule has 7 nitrogen and oxygen atoms in total. The quantitative estimate of drug-likeness (QED) is 0.486. The molecule has 2 N–H and O–H groups in total. The van der Waals surface area contributed by atoms with Gasteiger partial charge in [0, 0.05) is 12.2 Å². The molecule has 1 saturated heterocycles. The molecular weight excluding hydrogens is 500 g/mol. The van der Waals surface area contributed by atoms with Gasteiger partial charge in [-0.2, -0.15) is 13.2 Å². The average Bonchev–Trinajstić information content (AvgIpc) is 3.22. The van der Waals surface area contributed by atoms with Crippen molar-refractivity contribution in [2.45, 2.75) is 25.1 Å². The summed E-state index contributed by atoms with van der Waals surface area (Å²) >= 11 is 12.0. The molecule has 1 fully saturated rings. The number of carboxylic acids is 1. The van der Waals surface area contributed by atoms with Crippen LogP contribution in [0.5, 0.6) is 11.5 Å². The number of alkyl halides is 3. The number of hydrogen-bond acceptors (Lipinski definition) is 5. The van der Waals surface area contributed by atoms with E-state index in [4.69, 9.17) is 32.7 Å². The first-order valence-electron chi connectivity index (χ1n) is 10.2. The zero-order valence-corrected chi connectivity index (χ0v) is 19.2. The minimum atomic E-state index is -4.54. The summed E-state index contributed by atoms with van der Waals surface area (Å²) in [6.07, 6.45) is -3.11. The van der Waals surface area contributed by atoms with Crippen LogP contribution in [0.4, 0.5) is 18.9 Å². The van der Waals surface area contributed by atoms with Crippen molar-refractivity contribution < 1.29 is 37.3 Å². The van der Waals surface area contributed by atoms with Gasteiger partial charge in [-0.15, -0.1) is 0 Å². The first-order valence-corrected chi connectivity index (χ1v) is 11.0. The number of halogens is 5. The Kier molecular flexibility index (Phi) is 8.51. The van der Waals surface area contributed by atoms with Crippen LogP contribution in [0.2, 0.25) is 10.0 Å². The summed E-state index contributed by atoms with van der Waals surface area (Å²) < 4.78 is 48.9. The Labute approximate surface area is 203 Å². The van der Waals surface area contributed by atoms with Crippen LogP contribution in [-0.2, 0) is 15.8 Å². The number of rotatable bonds is 9. The largest absolute Gasteiger partial charge is 0.491 e. The summed E-state index contributed by atoms with van der Waals surface area (Å²) in [5.41, 5.74) is -0.566. The van der Waals surface area contributed by atoms with E-state index in [1.807, 2.05) is 4.90 Å². The number of hydrogen-bond donors (Lipinski definition) is 2. The van der Waals surface area contributed by atoms with Crippen LogP contribution in [0.1, 0.15) is 18.4 Å². The fraction of sp³-hybridized carbons (Fsp3) is 0.364. The lowest BCUT2D eigenvalue weighted by molar-refractivity contribution is -0.142. The molecule has 1 heterocycles. The van der Waals surface area contributed by atoms with Crippen LogP contribution in [0.25, 0.3) is 0 Å². The molecule has 1 aliphatic rings. The second-order valence-corrected chi connectivity index (χ2v) is 8.32. The first-order chi connectivity index (χ1) is 16.0. The molecule has 0 bridgehead atoms. The number of likely N-dealkylation sites (tertiary alicyclic amines) is 1. The molecule has 0 spiro atoms. The van der Waals surface area contributed by atoms with Crippen LogP contribution >= 0.6 is 23.2 Å². The number of anilines is 1. The number of amides is 1. The van der Waals surface area contributed by atoms with Crippen LogP contribution in [0.3, 0.4) is 0 Å². The number of benzene rings is 2. The summed E-state index contributed by atoms with van der Waals surface area (Å²) in [5.74, 6) is -1.11. The standard InChI is InChI=1S/C22H21Cl2F3N2O5/c23-15-10-13(22(25,26)27)3-5-19(15)34-12-20(30)28-14-4-6-18(16(24)11-14)33-9-8-29-7-1-2-17(29)21(31)32/h3-6,10-11,17H,1-2,7-9,12H2,(H,28,30)(H,31,32)/t17-/m0/s1. The lowest BCUT2D eigenvalue weighted by atomic mass is 10.2. The highest BCUT2D eigenvalue weighted by molar-refractivity contribution is 6.32. The van der Waals surface area contributed by atoms with Crippen molar-refractivity contribution in [2.75, 3.05) is 31.6 Å². The lowest BCUT2D eigenvalue weighted by Crippen LogP contribution is -2.38. The van der Waals surface area contributed by atoms with E-state index < -0.39 is 36.3 Å². The Morgan fingerprint density at radius 2 is 1.76 bits per heavy atom. The number of ether oxygens (including phenoxy) is 2. The predicted molar refractivity (Wildman–Crippen MR) is 120 cm³/mol. The number of nitrogens with one attached hydrogen (secondary N) is 1. The highest BCUT2D eigenvalue weighted by atomic mass is 35.5. The van der Waals surface area contributed by atoms with Crippen molar-refractivity contribution in [3.63, 3.8) is 0 Å². The van der Waals surface area contributed by atoms with Gasteiger partial charge in [0.2, 0.25) is 0 Å². The predicted octanol–water partition coefficient (Wildman–Crippen LogP) is 4.96. The van der Waals surface area contributed by atoms with Crippen molar-refractivity contribution in [3.8, 4) is 11.5 Å². The van der Waals surface area contributed by atoms with E-state index in [0.717, 1.165) is 24.6 Å². The third-order valence-electron chi connectivity index (χ3n) is 5.12. The molecule has 34 heavy (non-hydrogen) atoms. The van der Waals surface area contributed by atoms with Crippen LogP contribution < -0.4 is 14.8 Å². The minimum Gasteiger partial charge on any atom is -0.491 e. The number of carbonyl (C=O) groups excluding carboxylic acids is 1. The molecule has 184 valence electrons. The van der Waals surface area contributed by atoms with E-state index in [1.165, 1.54) is 6.07 Å². The highest BCUT2D eigenvalue weighted by Crippen LogP contribution is 2.34. The Morgan fingerprint density at radius 1 is 1.09 bits per heavy atom. The number of aliphatic carboxylic acids is 1. The van der Waals surface area contributed by atoms with Crippen molar-refractivity contribution in [2.24, 2.45) is 0 Å². The molecule has 2 aromatic carbocycles. The number of nitrogens with zero attached hydrogens (tertiary/aromatic N) is 1. The van der Waals surface area contributed by atoms with Gasteiger partial charge in [-0.25, -0.2) is 0 Å². The van der Waals surface area contributed by atoms with Gasteiger partial charge in [0.05, 0.1) is 15.6 Å². The van der Waals surface area contributed by atoms with Gasteiger partial charge < -0.3 is 19.9 Å². The normalized spacial score (nSPS) is 16.3. The highest BCUT2D eigenvalue weighted by Gasteiger charge is 2.31. The summed E-state index contributed by atoms with van der Waals surface area (Å²) in [6, 6.07) is 6.65. The maximum Gasteiger partial charge on any atom is 0.416 e. The molecule has 0 aromatic heterocycles. The maximum atomic E-state index is 12.7. The van der Waals surface area contributed by atoms with E-state index >= 15 is 0 Å². The van der Waals surface area contributed by atoms with Gasteiger partial charge >= 0.3 is 12.1 Å². The van der Waals surface area contributed by atoms with E-state index in [2.05, 4.69) is 5.32 Å². The first kappa shape index (κ1) is 25.9. The SMILES string of the molecule is O=C(COc1ccc(C(F)(F)F)cc1Cl)Nc1ccc(OCCN2CCC[C@H]2C(=O)O)c(Cl)c1. The van der Waals surface area contributed by atoms with Crippen LogP contribution in [0, 0.1) is 0 Å². The molecule has 0 saturated carbocycles. The van der Waals surface area contributed by atoms with Crippen molar-refractivity contribution in [3.05, 3.63) is 52.0 Å². The van der Waals surface area contributed by atoms with Crippen molar-refractivity contribution >= 4 is 40.8 Å². The number of carboxylic acid groups (broad SMARTS) is 1. The molecule has 0 aliphatic carbocycles. The Balaban J connectivity index is 1.48. The van der Waals surface area contributed by atoms with Crippen LogP contribution in [0.15, 0.2) is 36.4 Å². The maximum absolute atomic E-state index is 12.7. The summed E-state index contributed by atoms with van der Waals surface area (Å²) in [6.45, 7) is 0.896. The minimum absolute atomic E-state index is 0.0604. The number of carbonyl (C=O) groups is 2. The van der Waals surface area contributed by atoms with E-state index in [9.17, 15) is 27.9 Å². The molecule has 1 atom stereocenters. The molecule has 1 aliphatic heterocycles. The van der Waals surface area contributed by atoms with E-state index in [-0.39, 0.29) is 22.4 Å². The molecule has 3 rings (SSSR count). The van der Waals surface area contributed by atoms with E-state index in [1.54, 1.807) is 12.1 Å². The Hall–Kier alpha value is -2.69. The smallest absolute Gasteiger partial charge is 0.416 e. The zero-order chi connectivity index (χ0) is 24.9. The van der Waals surface area contributed by atoms with Gasteiger partial charge in [-0.1, -0.05) is 23.2 Å². The molecule has 2 aromatic rings. The molecule has 0 unspecified atom stereocenters. The second-order valence-electron chi connectivity index (χ2n) is 7.51. The van der Waals surface area contributed by atoms with Gasteiger partial charge in [0.15, 0.2) is 6.61 Å². The lowest BCUT2D eigenvalue weighted by Gasteiger charge is -2.21. The fourth-order valence-corrected chi connectivity index (χ4v) is 3.95. The summed E-state index contributed by atoms with van der Waals surface area (Å²) in [5, 5.41) is 11.7. The molecule has 0 radical (unpaired) electrons. The zero-order valence-electron chi connectivity index (χ0n) is 17.7. The monoisotopic (exact) mass is 520 g/mol. The third kappa shape index (κ3) is 6.91. The molecular formula is C22H21Cl2F3N2O5. The van der Waals surface area contributed by atoms with Gasteiger partial charge in [-0.05, 0) is 55.8 Å². The van der Waals surface area contributed by atoms with Gasteiger partial charge in [0.25, 0.3) is 5.91 Å². The van der Waals surface area contributed by atoms with Crippen LogP contribution in [-0.4, -0.2) is 54.2 Å². The molecule has 1 amide bonds. The summed E-state index contributed by atoms with van der Waals surface area (Å²) in [4.78, 5) is 25.2. The van der Waals surface area contributed by atoms with Crippen molar-refractivity contribution in [1.29, 1.82) is 0 Å². The topological polar surface area (TPSA) is 88.1 Å². The average molecular weight is 521 g/mol. The van der Waals surface area contributed by atoms with Gasteiger partial charge in [0.1, 0.15) is 24.1 Å². The Morgan fingerprint density at radius 3 is 2.41 bits per heavy atom. The van der Waals surface area contributed by atoms with Gasteiger partial charge in [-0.3, -0.25) is 14.5 Å². The molecule has 12 heteroatoms. The second kappa shape index (κ2) is 11.2. The fourth-order valence-electron chi connectivity index (χ4n) is 3.48. The van der Waals surface area contributed by atoms with Crippen molar-refractivity contribution in [1.82, 2.24) is 4.90 Å². The summed E-state index contributed by atoms with van der Waals surface area (Å²) in [7, 11) is 0.